The summed E-state index contributed by atoms with van der Waals surface area (Å²) in [6.07, 6.45) is -4.99. The quantitative estimate of drug-likeness (QED) is 0.0399. The monoisotopic (exact) mass is 1140 g/mol. The van der Waals surface area contributed by atoms with Gasteiger partial charge in [-0.3, -0.25) is 38.4 Å². The number of hydrogen-bond donors (Lipinski definition) is 13. The number of aliphatic hydroxyl groups excluding tert-OH is 4. The van der Waals surface area contributed by atoms with E-state index in [1.54, 1.807) is 58.9 Å². The van der Waals surface area contributed by atoms with Gasteiger partial charge in [0.15, 0.2) is 0 Å². The van der Waals surface area contributed by atoms with Gasteiger partial charge in [-0.1, -0.05) is 72.7 Å². The minimum absolute atomic E-state index is 0.000381. The molecule has 0 aliphatic carbocycles. The van der Waals surface area contributed by atoms with Crippen molar-refractivity contribution in [2.24, 2.45) is 23.7 Å². The lowest BCUT2D eigenvalue weighted by Crippen LogP contribution is -2.62. The Balaban J connectivity index is 1.91. The number of sulfonamides is 1. The molecular weight excluding hydrogens is 1050 g/mol. The Morgan fingerprint density at radius 1 is 0.646 bits per heavy atom. The largest absolute Gasteiger partial charge is 0.480 e. The van der Waals surface area contributed by atoms with E-state index in [0.717, 1.165) is 12.6 Å². The minimum Gasteiger partial charge on any atom is -0.480 e. The summed E-state index contributed by atoms with van der Waals surface area (Å²) < 4.78 is 35.9. The predicted octanol–water partition coefficient (Wildman–Crippen LogP) is -2.09. The van der Waals surface area contributed by atoms with Gasteiger partial charge in [0.25, 0.3) is 0 Å². The number of nitrogens with zero attached hydrogens (tertiary/aromatic N) is 1. The highest BCUT2D eigenvalue weighted by Gasteiger charge is 2.45. The number of anilines is 1. The van der Waals surface area contributed by atoms with Crippen LogP contribution in [0.4, 0.5) is 5.69 Å². The van der Waals surface area contributed by atoms with Crippen molar-refractivity contribution >= 4 is 79.6 Å². The number of benzene rings is 2. The number of fused-ring (bicyclic) bond motifs is 1. The second kappa shape index (κ2) is 30.3. The zero-order valence-corrected chi connectivity index (χ0v) is 47.4. The van der Waals surface area contributed by atoms with E-state index >= 15 is 0 Å². The average Bonchev–Trinajstić information content (AvgIpc) is 3.37. The molecule has 3 rings (SSSR count). The molecule has 1 heterocycles. The third-order valence-electron chi connectivity index (χ3n) is 13.2. The third kappa shape index (κ3) is 19.2. The number of rotatable bonds is 30. The number of carbonyl (C=O) groups is 9. The third-order valence-corrected chi connectivity index (χ3v) is 14.8. The molecule has 1 aliphatic rings. The molecule has 1 saturated heterocycles. The number of amides is 7. The minimum atomic E-state index is -4.32. The first-order valence-electron chi connectivity index (χ1n) is 26.1. The van der Waals surface area contributed by atoms with Gasteiger partial charge in [0.1, 0.15) is 42.0 Å². The molecule has 2 aromatic carbocycles. The van der Waals surface area contributed by atoms with Gasteiger partial charge in [-0.2, -0.15) is 4.72 Å². The van der Waals surface area contributed by atoms with Crippen molar-refractivity contribution in [3.05, 3.63) is 36.4 Å². The zero-order valence-electron chi connectivity index (χ0n) is 46.6. The summed E-state index contributed by atoms with van der Waals surface area (Å²) >= 11 is 0. The number of ketones is 1. The number of ether oxygens (including phenoxy) is 1. The predicted molar refractivity (Wildman–Crippen MR) is 288 cm³/mol. The first-order chi connectivity index (χ1) is 36.9. The van der Waals surface area contributed by atoms with E-state index in [2.05, 4.69) is 36.6 Å². The van der Waals surface area contributed by atoms with Crippen LogP contribution < -0.4 is 46.8 Å². The molecule has 12 atom stereocenters. The number of nitrogens with one attached hydrogen (secondary N) is 8. The van der Waals surface area contributed by atoms with Crippen molar-refractivity contribution in [3.8, 4) is 0 Å². The lowest BCUT2D eigenvalue weighted by Gasteiger charge is -2.43. The molecule has 7 amide bonds. The van der Waals surface area contributed by atoms with Crippen molar-refractivity contribution in [2.45, 2.75) is 160 Å². The molecule has 12 unspecified atom stereocenters. The summed E-state index contributed by atoms with van der Waals surface area (Å²) in [5, 5.41) is 67.9. The van der Waals surface area contributed by atoms with E-state index in [1.807, 2.05) is 30.4 Å². The molecule has 0 bridgehead atoms. The Hall–Kier alpha value is -6.36. The van der Waals surface area contributed by atoms with Gasteiger partial charge >= 0.3 is 5.97 Å². The van der Waals surface area contributed by atoms with Crippen molar-refractivity contribution in [3.63, 3.8) is 0 Å². The highest BCUT2D eigenvalue weighted by Crippen LogP contribution is 2.31. The lowest BCUT2D eigenvalue weighted by atomic mass is 9.84. The summed E-state index contributed by atoms with van der Waals surface area (Å²) in [5.41, 5.74) is 0.768. The van der Waals surface area contributed by atoms with Crippen LogP contribution in [0.1, 0.15) is 88.0 Å². The fraction of sp³-hybridized carbons (Fsp3) is 0.635. The Labute approximate surface area is 460 Å². The van der Waals surface area contributed by atoms with Crippen LogP contribution >= 0.6 is 0 Å². The molecule has 0 radical (unpaired) electrons. The van der Waals surface area contributed by atoms with Crippen LogP contribution in [-0.2, 0) is 57.9 Å². The summed E-state index contributed by atoms with van der Waals surface area (Å²) in [4.78, 5) is 123. The fourth-order valence-corrected chi connectivity index (χ4v) is 10.4. The molecular formula is C52H81N9O17S. The van der Waals surface area contributed by atoms with E-state index in [1.165, 1.54) is 26.8 Å². The highest BCUT2D eigenvalue weighted by atomic mass is 32.2. The first kappa shape index (κ1) is 66.9. The van der Waals surface area contributed by atoms with Gasteiger partial charge < -0.3 is 72.4 Å². The average molecular weight is 1140 g/mol. The molecule has 13 N–H and O–H groups in total. The Kier molecular flexibility index (Phi) is 25.7. The van der Waals surface area contributed by atoms with E-state index < -0.39 is 174 Å². The number of carboxylic acids is 1. The lowest BCUT2D eigenvalue weighted by molar-refractivity contribution is -0.170. The van der Waals surface area contributed by atoms with Crippen LogP contribution in [0.15, 0.2) is 41.3 Å². The van der Waals surface area contributed by atoms with Crippen LogP contribution in [0.25, 0.3) is 10.8 Å². The van der Waals surface area contributed by atoms with E-state index in [0.29, 0.717) is 10.8 Å². The molecule has 27 heteroatoms. The van der Waals surface area contributed by atoms with Gasteiger partial charge in [-0.05, 0) is 49.7 Å². The molecule has 1 aliphatic heterocycles. The Morgan fingerprint density at radius 2 is 1.14 bits per heavy atom. The topological polar surface area (TPSA) is 398 Å². The summed E-state index contributed by atoms with van der Waals surface area (Å²) in [7, 11) is -0.681. The van der Waals surface area contributed by atoms with Crippen LogP contribution in [0.3, 0.4) is 0 Å². The van der Waals surface area contributed by atoms with Gasteiger partial charge in [0, 0.05) is 56.2 Å². The van der Waals surface area contributed by atoms with E-state index in [-0.39, 0.29) is 29.6 Å². The SMILES string of the molecule is CC(=O)NC1C(CC(=O)CC(NC(=O)C(NC(=O)C(CC(C)C)NC(=O)C(CC(C)C)NC(=O)C(C)NS(=O)(=O)c2cccc3c(N(C)C)cccc23)C(C)C)C(=O)NC(CO)C(=O)NC(CO)C(=O)O)OC(CO)C(C)C1O. The molecule has 2 aromatic rings. The van der Waals surface area contributed by atoms with Crippen molar-refractivity contribution in [1.82, 2.24) is 41.9 Å². The number of aliphatic hydroxyl groups is 4. The van der Waals surface area contributed by atoms with Crippen LogP contribution in [0.2, 0.25) is 0 Å². The van der Waals surface area contributed by atoms with Crippen molar-refractivity contribution in [2.75, 3.05) is 38.8 Å². The molecule has 0 spiro atoms. The Bertz CT molecular complexity index is 2600. The maximum atomic E-state index is 14.3. The number of Topliss-reactive ketones (excluding diaryl/α,β-unsaturated/α-hetero) is 1. The Morgan fingerprint density at radius 3 is 1.66 bits per heavy atom. The standard InChI is InChI=1S/C52H81N9O17S/c1-25(2)18-34(54-46(68)29(8)60-79(76,77)42-17-13-14-32-33(42)15-12-16-39(32)61(10)11)47(69)55-35(19-26(3)4)49(71)59-43(27(5)6)51(73)56-36(48(70)57-37(22-62)50(72)58-38(23-63)52(74)75)20-31(66)21-40-44(53-30(9)65)45(67)28(7)41(24-64)78-40/h12-17,25-29,34-38,40-41,43-45,60,62-64,67H,18-24H2,1-11H3,(H,53,65)(H,54,68)(H,55,69)(H,56,73)(H,57,70)(H,58,72)(H,59,71)(H,74,75). The first-order valence-corrected chi connectivity index (χ1v) is 27.6. The molecule has 0 aromatic heterocycles. The normalized spacial score (nSPS) is 20.2. The molecule has 79 heavy (non-hydrogen) atoms. The van der Waals surface area contributed by atoms with Crippen molar-refractivity contribution < 1.29 is 81.8 Å². The van der Waals surface area contributed by atoms with Gasteiger partial charge in [0.05, 0.1) is 55.1 Å². The molecule has 442 valence electrons. The highest BCUT2D eigenvalue weighted by molar-refractivity contribution is 7.89. The van der Waals surface area contributed by atoms with Crippen LogP contribution in [-0.4, -0.2) is 188 Å². The summed E-state index contributed by atoms with van der Waals surface area (Å²) in [5.74, 6) is -11.1. The zero-order chi connectivity index (χ0) is 59.8. The van der Waals surface area contributed by atoms with Crippen LogP contribution in [0.5, 0.6) is 0 Å². The smallest absolute Gasteiger partial charge is 0.328 e. The summed E-state index contributed by atoms with van der Waals surface area (Å²) in [6, 6.07) is -2.39. The second-order valence-corrected chi connectivity index (χ2v) is 23.0. The van der Waals surface area contributed by atoms with Gasteiger partial charge in [-0.25, -0.2) is 13.2 Å². The number of carboxylic acid groups (broad SMARTS) is 1. The van der Waals surface area contributed by atoms with Crippen LogP contribution in [0, 0.1) is 23.7 Å². The number of aliphatic carboxylic acids is 1. The maximum Gasteiger partial charge on any atom is 0.328 e. The summed E-state index contributed by atoms with van der Waals surface area (Å²) in [6.45, 7) is 11.4. The number of carbonyl (C=O) groups excluding carboxylic acids is 8. The van der Waals surface area contributed by atoms with E-state index in [9.17, 15) is 77.1 Å². The second-order valence-electron chi connectivity index (χ2n) is 21.3. The molecule has 1 fully saturated rings. The van der Waals surface area contributed by atoms with Gasteiger partial charge in [-0.15, -0.1) is 0 Å². The van der Waals surface area contributed by atoms with Crippen molar-refractivity contribution in [1.29, 1.82) is 0 Å². The maximum absolute atomic E-state index is 14.3. The molecule has 0 saturated carbocycles. The molecule has 26 nitrogen and oxygen atoms in total. The van der Waals surface area contributed by atoms with E-state index in [4.69, 9.17) is 4.74 Å². The number of hydrogen-bond acceptors (Lipinski definition) is 17. The van der Waals surface area contributed by atoms with Gasteiger partial charge in [0.2, 0.25) is 51.4 Å². The fourth-order valence-electron chi connectivity index (χ4n) is 8.93.